The van der Waals surface area contributed by atoms with Crippen LogP contribution < -0.4 is 30.2 Å². The van der Waals surface area contributed by atoms with Crippen LogP contribution in [0.25, 0.3) is 32.7 Å². The lowest BCUT2D eigenvalue weighted by Crippen LogP contribution is -2.41. The minimum atomic E-state index is -3.09. The van der Waals surface area contributed by atoms with Crippen molar-refractivity contribution in [3.63, 3.8) is 0 Å². The van der Waals surface area contributed by atoms with Crippen LogP contribution in [0.3, 0.4) is 0 Å². The number of ether oxygens (including phenoxy) is 6. The van der Waals surface area contributed by atoms with Crippen LogP contribution in [0, 0.1) is 17.5 Å². The predicted octanol–water partition coefficient (Wildman–Crippen LogP) is 9.11. The molecule has 0 amide bonds. The Kier molecular flexibility index (Phi) is 22.5. The molecule has 0 saturated heterocycles. The maximum atomic E-state index is 14.6. The molecular weight excluding hydrogens is 1130 g/mol. The number of aliphatic hydroxyl groups excluding tert-OH is 2. The third-order valence-electron chi connectivity index (χ3n) is 10.5. The van der Waals surface area contributed by atoms with E-state index in [0.29, 0.717) is 0 Å². The van der Waals surface area contributed by atoms with Crippen LogP contribution in [0.15, 0.2) is 36.4 Å². The number of aromatic nitrogens is 6. The lowest BCUT2D eigenvalue weighted by Gasteiger charge is -2.24. The van der Waals surface area contributed by atoms with E-state index < -0.39 is 118 Å². The lowest BCUT2D eigenvalue weighted by atomic mass is 10.0. The van der Waals surface area contributed by atoms with Crippen molar-refractivity contribution < 1.29 is 108 Å². The molecule has 0 atom stereocenters. The Morgan fingerprint density at radius 3 is 1.08 bits per heavy atom. The number of aliphatic hydroxyl groups is 2. The summed E-state index contributed by atoms with van der Waals surface area (Å²) in [5.74, 6) is -9.53. The highest BCUT2D eigenvalue weighted by Crippen LogP contribution is 2.35. The number of alkyl halides is 6. The van der Waals surface area contributed by atoms with E-state index in [2.05, 4.69) is 50.6 Å². The zero-order valence-corrected chi connectivity index (χ0v) is 45.9. The summed E-state index contributed by atoms with van der Waals surface area (Å²) < 4.78 is 152. The van der Waals surface area contributed by atoms with Crippen LogP contribution in [0.4, 0.5) is 61.4 Å². The number of methoxy groups -OCH3 is 1. The molecule has 0 radical (unpaired) electrons. The summed E-state index contributed by atoms with van der Waals surface area (Å²) in [4.78, 5) is 67.2. The molecule has 0 aliphatic heterocycles. The lowest BCUT2D eigenvalue weighted by molar-refractivity contribution is -0.145. The molecule has 0 saturated carbocycles. The van der Waals surface area contributed by atoms with Gasteiger partial charge in [-0.2, -0.15) is 15.0 Å². The van der Waals surface area contributed by atoms with Crippen molar-refractivity contribution in [1.29, 1.82) is 0 Å². The fraction of sp³-hybridized carbons (Fsp3) is 0.451. The van der Waals surface area contributed by atoms with Gasteiger partial charge in [0.15, 0.2) is 34.9 Å². The van der Waals surface area contributed by atoms with E-state index in [1.165, 1.54) is 66.9 Å². The number of benzene rings is 3. The Morgan fingerprint density at radius 1 is 0.494 bits per heavy atom. The van der Waals surface area contributed by atoms with E-state index >= 15 is 0 Å². The number of anilines is 3. The number of hydrogen-bond donors (Lipinski definition) is 7. The average molecular weight is 1190 g/mol. The van der Waals surface area contributed by atoms with E-state index in [0.717, 1.165) is 18.2 Å². The van der Waals surface area contributed by atoms with E-state index in [4.69, 9.17) is 39.0 Å². The Hall–Kier alpha value is -8.55. The van der Waals surface area contributed by atoms with Gasteiger partial charge in [-0.05, 0) is 98.7 Å². The van der Waals surface area contributed by atoms with Gasteiger partial charge in [0.1, 0.15) is 65.2 Å². The molecule has 0 spiro atoms. The zero-order chi connectivity index (χ0) is 62.5. The van der Waals surface area contributed by atoms with Crippen LogP contribution in [-0.2, 0) is 28.6 Å². The van der Waals surface area contributed by atoms with Gasteiger partial charge < -0.3 is 64.8 Å². The Bertz CT molecular complexity index is 3300. The molecule has 0 aliphatic rings. The van der Waals surface area contributed by atoms with Crippen LogP contribution in [0.1, 0.15) is 99.1 Å². The van der Waals surface area contributed by atoms with Crippen LogP contribution in [0.2, 0.25) is 0 Å². The first-order valence-electron chi connectivity index (χ1n) is 24.3. The monoisotopic (exact) mass is 1190 g/mol. The Labute approximate surface area is 465 Å². The van der Waals surface area contributed by atoms with Gasteiger partial charge in [0.25, 0.3) is 19.3 Å². The number of halogens is 9. The topological polar surface area (TPSA) is 318 Å². The summed E-state index contributed by atoms with van der Waals surface area (Å²) in [6.07, 6.45) is -10.1. The molecule has 23 nitrogen and oxygen atoms in total. The first kappa shape index (κ1) is 67.0. The van der Waals surface area contributed by atoms with Crippen molar-refractivity contribution in [3.05, 3.63) is 71.3 Å². The molecular formula is C51H58F9N9O14. The standard InChI is InChI=1S/C20H24F3N3O6.C16H18F3N3O4.C15H16F3N3O4/c1-19(2,3)32-18(29)31-7-6-30-16-11-8-10(26-20(4,5)17(27)28)9-12(21)13(11)24-15(25-16)14(22)23;1-16(2,15(24)25-3)22-8-6-9-11(10(17)7-8)20-13(12(18)19)21-14(9)26-5-4-23;1-15(2,14(23)24)21-7-5-8-10(9(16)6-7)19-12(11(17)18)20-13(8)25-4-3-22/h8-9,14,26H,6-7H2,1-5H3,(H,27,28);6-7,12,22-23H,4-5H2,1-3H3;5-6,11,21-22H,3-4H2,1-2H3,(H,23,24). The van der Waals surface area contributed by atoms with E-state index in [1.54, 1.807) is 20.8 Å². The third-order valence-corrected chi connectivity index (χ3v) is 10.5. The number of carbonyl (C=O) groups is 4. The fourth-order valence-corrected chi connectivity index (χ4v) is 6.70. The van der Waals surface area contributed by atoms with Crippen molar-refractivity contribution in [2.45, 2.75) is 104 Å². The summed E-state index contributed by atoms with van der Waals surface area (Å²) >= 11 is 0. The molecule has 7 N–H and O–H groups in total. The van der Waals surface area contributed by atoms with Gasteiger partial charge in [-0.1, -0.05) is 0 Å². The second kappa shape index (κ2) is 27.9. The van der Waals surface area contributed by atoms with Crippen molar-refractivity contribution in [1.82, 2.24) is 29.9 Å². The number of nitrogens with zero attached hydrogens (tertiary/aromatic N) is 6. The second-order valence-corrected chi connectivity index (χ2v) is 19.8. The molecule has 3 aromatic heterocycles. The highest BCUT2D eigenvalue weighted by Gasteiger charge is 2.32. The summed E-state index contributed by atoms with van der Waals surface area (Å²) in [6, 6.07) is 6.85. The molecule has 83 heavy (non-hydrogen) atoms. The first-order valence-corrected chi connectivity index (χ1v) is 24.3. The summed E-state index contributed by atoms with van der Waals surface area (Å²) in [7, 11) is 1.22. The van der Waals surface area contributed by atoms with Crippen molar-refractivity contribution in [3.8, 4) is 17.6 Å². The number of carbonyl (C=O) groups excluding carboxylic acids is 2. The number of carboxylic acids is 2. The van der Waals surface area contributed by atoms with E-state index in [9.17, 15) is 63.8 Å². The SMILES string of the molecule is CC(C)(C)OC(=O)OCCOc1nc(C(F)F)nc2c(F)cc(NC(C)(C)C(=O)O)cc12.CC(C)(Nc1cc(F)c2nc(C(F)F)nc(OCCO)c2c1)C(=O)O.COC(=O)C(C)(C)Nc1cc(F)c2nc(C(F)F)nc(OCCO)c2c1. The van der Waals surface area contributed by atoms with Crippen LogP contribution in [0.5, 0.6) is 17.6 Å². The molecule has 6 rings (SSSR count). The fourth-order valence-electron chi connectivity index (χ4n) is 6.70. The highest BCUT2D eigenvalue weighted by molar-refractivity contribution is 5.92. The Balaban J connectivity index is 0.000000270. The number of rotatable bonds is 22. The predicted molar refractivity (Wildman–Crippen MR) is 277 cm³/mol. The number of fused-ring (bicyclic) bond motifs is 3. The van der Waals surface area contributed by atoms with Crippen LogP contribution in [-0.4, -0.2) is 143 Å². The molecule has 0 bridgehead atoms. The molecule has 0 aliphatic carbocycles. The maximum absolute atomic E-state index is 14.6. The smallest absolute Gasteiger partial charge is 0.480 e. The zero-order valence-electron chi connectivity index (χ0n) is 45.9. The van der Waals surface area contributed by atoms with Crippen molar-refractivity contribution >= 4 is 73.8 Å². The van der Waals surface area contributed by atoms with E-state index in [-0.39, 0.29) is 89.4 Å². The summed E-state index contributed by atoms with van der Waals surface area (Å²) in [5.41, 5.74) is -5.68. The largest absolute Gasteiger partial charge is 0.508 e. The number of hydrogen-bond acceptors (Lipinski definition) is 21. The molecule has 454 valence electrons. The summed E-state index contributed by atoms with van der Waals surface area (Å²) in [5, 5.41) is 44.1. The first-order chi connectivity index (χ1) is 38.5. The Morgan fingerprint density at radius 2 is 0.807 bits per heavy atom. The molecule has 0 fully saturated rings. The van der Waals surface area contributed by atoms with Gasteiger partial charge in [-0.15, -0.1) is 0 Å². The molecule has 3 heterocycles. The third kappa shape index (κ3) is 18.5. The normalized spacial score (nSPS) is 11.9. The number of nitrogens with one attached hydrogen (secondary N) is 3. The number of aliphatic carboxylic acids is 2. The van der Waals surface area contributed by atoms with Gasteiger partial charge in [-0.25, -0.2) is 73.6 Å². The van der Waals surface area contributed by atoms with E-state index in [1.807, 2.05) is 0 Å². The van der Waals surface area contributed by atoms with Gasteiger partial charge in [-0.3, -0.25) is 0 Å². The molecule has 0 unspecified atom stereocenters. The highest BCUT2D eigenvalue weighted by atomic mass is 19.3. The molecule has 3 aromatic carbocycles. The average Bonchev–Trinajstić information content (AvgIpc) is 3.57. The second-order valence-electron chi connectivity index (χ2n) is 19.8. The quantitative estimate of drug-likeness (QED) is 0.0189. The van der Waals surface area contributed by atoms with Gasteiger partial charge >= 0.3 is 24.1 Å². The maximum Gasteiger partial charge on any atom is 0.508 e. The van der Waals surface area contributed by atoms with Crippen LogP contribution >= 0.6 is 0 Å². The minimum Gasteiger partial charge on any atom is -0.480 e. The van der Waals surface area contributed by atoms with Crippen molar-refractivity contribution in [2.75, 3.05) is 62.7 Å². The van der Waals surface area contributed by atoms with Gasteiger partial charge in [0, 0.05) is 17.1 Å². The van der Waals surface area contributed by atoms with Gasteiger partial charge in [0.05, 0.1) is 36.5 Å². The summed E-state index contributed by atoms with van der Waals surface area (Å²) in [6.45, 7) is 11.6. The minimum absolute atomic E-state index is 0.0195. The molecule has 32 heteroatoms. The van der Waals surface area contributed by atoms with Gasteiger partial charge in [0.2, 0.25) is 17.6 Å². The molecule has 6 aromatic rings. The number of esters is 1. The van der Waals surface area contributed by atoms with Crippen molar-refractivity contribution in [2.24, 2.45) is 0 Å². The number of carboxylic acid groups (broad SMARTS) is 2.